The Bertz CT molecular complexity index is 922. The highest BCUT2D eigenvalue weighted by Crippen LogP contribution is 2.25. The molecule has 6 heteroatoms. The van der Waals surface area contributed by atoms with Gasteiger partial charge in [0.25, 0.3) is 5.91 Å². The fraction of sp³-hybridized carbons (Fsp3) is 0.500. The van der Waals surface area contributed by atoms with Crippen molar-refractivity contribution in [1.29, 1.82) is 0 Å². The van der Waals surface area contributed by atoms with Crippen molar-refractivity contribution in [3.8, 4) is 0 Å². The molecular formula is C28H37N3O2S. The van der Waals surface area contributed by atoms with Crippen LogP contribution in [0.25, 0.3) is 0 Å². The van der Waals surface area contributed by atoms with E-state index in [4.69, 9.17) is 0 Å². The van der Waals surface area contributed by atoms with Crippen LogP contribution in [0.1, 0.15) is 60.9 Å². The predicted octanol–water partition coefficient (Wildman–Crippen LogP) is 4.87. The van der Waals surface area contributed by atoms with E-state index in [1.54, 1.807) is 0 Å². The number of benzene rings is 2. The average Bonchev–Trinajstić information content (AvgIpc) is 2.89. The van der Waals surface area contributed by atoms with Gasteiger partial charge in [0.05, 0.1) is 11.3 Å². The summed E-state index contributed by atoms with van der Waals surface area (Å²) in [5.41, 5.74) is 2.00. The molecule has 0 atom stereocenters. The van der Waals surface area contributed by atoms with E-state index in [1.165, 1.54) is 49.4 Å². The van der Waals surface area contributed by atoms with Crippen LogP contribution in [-0.2, 0) is 11.3 Å². The third kappa shape index (κ3) is 7.60. The number of thioether (sulfide) groups is 1. The lowest BCUT2D eigenvalue weighted by Crippen LogP contribution is -2.44. The SMILES string of the molecule is O=C(CSc1ccccc1C(=O)NC1CCN(Cc2ccccc2)CC1)NCC1CCCCC1. The van der Waals surface area contributed by atoms with E-state index in [0.717, 1.165) is 43.9 Å². The van der Waals surface area contributed by atoms with Gasteiger partial charge in [0.1, 0.15) is 0 Å². The normalized spacial score (nSPS) is 17.9. The Morgan fingerprint density at radius 1 is 0.882 bits per heavy atom. The molecule has 0 radical (unpaired) electrons. The highest BCUT2D eigenvalue weighted by atomic mass is 32.2. The zero-order valence-corrected chi connectivity index (χ0v) is 20.8. The number of hydrogen-bond donors (Lipinski definition) is 2. The molecule has 1 aliphatic heterocycles. The molecule has 1 heterocycles. The molecule has 0 spiro atoms. The molecule has 2 aromatic carbocycles. The van der Waals surface area contributed by atoms with Gasteiger partial charge in [0.15, 0.2) is 0 Å². The quantitative estimate of drug-likeness (QED) is 0.504. The number of hydrogen-bond acceptors (Lipinski definition) is 4. The molecule has 5 nitrogen and oxygen atoms in total. The zero-order valence-electron chi connectivity index (χ0n) is 20.0. The molecule has 2 N–H and O–H groups in total. The third-order valence-electron chi connectivity index (χ3n) is 6.97. The zero-order chi connectivity index (χ0) is 23.6. The Morgan fingerprint density at radius 3 is 2.35 bits per heavy atom. The fourth-order valence-corrected chi connectivity index (χ4v) is 5.84. The second kappa shape index (κ2) is 13.0. The van der Waals surface area contributed by atoms with Crippen molar-refractivity contribution in [3.05, 3.63) is 65.7 Å². The van der Waals surface area contributed by atoms with Crippen molar-refractivity contribution in [3.63, 3.8) is 0 Å². The molecule has 2 fully saturated rings. The molecule has 1 saturated carbocycles. The van der Waals surface area contributed by atoms with E-state index in [-0.39, 0.29) is 17.9 Å². The number of likely N-dealkylation sites (tertiary alicyclic amines) is 1. The Kier molecular flexibility index (Phi) is 9.45. The van der Waals surface area contributed by atoms with Crippen LogP contribution in [0.4, 0.5) is 0 Å². The maximum absolute atomic E-state index is 13.0. The second-order valence-electron chi connectivity index (χ2n) is 9.60. The van der Waals surface area contributed by atoms with Crippen LogP contribution in [0.15, 0.2) is 59.5 Å². The van der Waals surface area contributed by atoms with Crippen LogP contribution in [0.5, 0.6) is 0 Å². The van der Waals surface area contributed by atoms with Crippen LogP contribution in [-0.4, -0.2) is 48.1 Å². The van der Waals surface area contributed by atoms with Gasteiger partial charge in [-0.3, -0.25) is 14.5 Å². The van der Waals surface area contributed by atoms with Crippen LogP contribution in [0.3, 0.4) is 0 Å². The standard InChI is InChI=1S/C28H37N3O2S/c32-27(29-19-22-9-3-1-4-10-22)21-34-26-14-8-7-13-25(26)28(33)30-24-15-17-31(18-16-24)20-23-11-5-2-6-12-23/h2,5-8,11-14,22,24H,1,3-4,9-10,15-21H2,(H,29,32)(H,30,33). The maximum Gasteiger partial charge on any atom is 0.252 e. The smallest absolute Gasteiger partial charge is 0.252 e. The average molecular weight is 480 g/mol. The van der Waals surface area contributed by atoms with Gasteiger partial charge in [-0.1, -0.05) is 61.7 Å². The van der Waals surface area contributed by atoms with E-state index in [9.17, 15) is 9.59 Å². The molecule has 2 aliphatic rings. The minimum atomic E-state index is -0.0350. The number of rotatable bonds is 9. The van der Waals surface area contributed by atoms with Crippen LogP contribution in [0, 0.1) is 5.92 Å². The molecule has 2 amide bonds. The van der Waals surface area contributed by atoms with Gasteiger partial charge < -0.3 is 10.6 Å². The van der Waals surface area contributed by atoms with Crippen LogP contribution >= 0.6 is 11.8 Å². The minimum Gasteiger partial charge on any atom is -0.355 e. The Labute approximate surface area is 208 Å². The number of carbonyl (C=O) groups excluding carboxylic acids is 2. The Morgan fingerprint density at radius 2 is 1.59 bits per heavy atom. The van der Waals surface area contributed by atoms with E-state index in [2.05, 4.69) is 39.8 Å². The van der Waals surface area contributed by atoms with Crippen LogP contribution < -0.4 is 10.6 Å². The van der Waals surface area contributed by atoms with E-state index in [1.807, 2.05) is 30.3 Å². The molecule has 0 unspecified atom stereocenters. The van der Waals surface area contributed by atoms with E-state index in [0.29, 0.717) is 17.2 Å². The molecule has 1 aliphatic carbocycles. The summed E-state index contributed by atoms with van der Waals surface area (Å²) in [4.78, 5) is 28.7. The van der Waals surface area contributed by atoms with E-state index >= 15 is 0 Å². The predicted molar refractivity (Wildman–Crippen MR) is 139 cm³/mol. The molecule has 34 heavy (non-hydrogen) atoms. The summed E-state index contributed by atoms with van der Waals surface area (Å²) in [6.45, 7) is 3.71. The summed E-state index contributed by atoms with van der Waals surface area (Å²) in [7, 11) is 0. The lowest BCUT2D eigenvalue weighted by molar-refractivity contribution is -0.118. The summed E-state index contributed by atoms with van der Waals surface area (Å²) >= 11 is 1.45. The summed E-state index contributed by atoms with van der Waals surface area (Å²) in [6, 6.07) is 18.4. The van der Waals surface area contributed by atoms with Gasteiger partial charge in [-0.05, 0) is 49.3 Å². The summed E-state index contributed by atoms with van der Waals surface area (Å²) in [5.74, 6) is 0.984. The van der Waals surface area contributed by atoms with Crippen molar-refractivity contribution in [2.24, 2.45) is 5.92 Å². The lowest BCUT2D eigenvalue weighted by Gasteiger charge is -2.32. The molecule has 2 aromatic rings. The third-order valence-corrected chi connectivity index (χ3v) is 8.05. The first-order valence-electron chi connectivity index (χ1n) is 12.7. The number of piperidine rings is 1. The molecule has 0 bridgehead atoms. The minimum absolute atomic E-state index is 0.0350. The highest BCUT2D eigenvalue weighted by Gasteiger charge is 2.22. The Balaban J connectivity index is 1.22. The van der Waals surface area contributed by atoms with Crippen molar-refractivity contribution in [2.45, 2.75) is 62.4 Å². The van der Waals surface area contributed by atoms with Crippen molar-refractivity contribution in [2.75, 3.05) is 25.4 Å². The molecule has 0 aromatic heterocycles. The number of carbonyl (C=O) groups is 2. The summed E-state index contributed by atoms with van der Waals surface area (Å²) in [5, 5.41) is 6.33. The van der Waals surface area contributed by atoms with Gasteiger partial charge in [-0.2, -0.15) is 0 Å². The first-order chi connectivity index (χ1) is 16.7. The van der Waals surface area contributed by atoms with Gasteiger partial charge in [-0.15, -0.1) is 11.8 Å². The first kappa shape index (κ1) is 24.8. The molecular weight excluding hydrogens is 442 g/mol. The molecule has 182 valence electrons. The number of nitrogens with one attached hydrogen (secondary N) is 2. The number of amides is 2. The highest BCUT2D eigenvalue weighted by molar-refractivity contribution is 8.00. The Hall–Kier alpha value is -2.31. The van der Waals surface area contributed by atoms with Crippen molar-refractivity contribution >= 4 is 23.6 Å². The van der Waals surface area contributed by atoms with Crippen molar-refractivity contribution < 1.29 is 9.59 Å². The van der Waals surface area contributed by atoms with Gasteiger partial charge >= 0.3 is 0 Å². The van der Waals surface area contributed by atoms with Gasteiger partial charge in [0.2, 0.25) is 5.91 Å². The van der Waals surface area contributed by atoms with Gasteiger partial charge in [0, 0.05) is 37.1 Å². The largest absolute Gasteiger partial charge is 0.355 e. The van der Waals surface area contributed by atoms with E-state index < -0.39 is 0 Å². The van der Waals surface area contributed by atoms with Crippen molar-refractivity contribution in [1.82, 2.24) is 15.5 Å². The molecule has 1 saturated heterocycles. The summed E-state index contributed by atoms with van der Waals surface area (Å²) in [6.07, 6.45) is 8.25. The molecule has 4 rings (SSSR count). The second-order valence-corrected chi connectivity index (χ2v) is 10.6. The van der Waals surface area contributed by atoms with Gasteiger partial charge in [-0.25, -0.2) is 0 Å². The monoisotopic (exact) mass is 479 g/mol. The number of nitrogens with zero attached hydrogens (tertiary/aromatic N) is 1. The lowest BCUT2D eigenvalue weighted by atomic mass is 9.89. The first-order valence-corrected chi connectivity index (χ1v) is 13.7. The summed E-state index contributed by atoms with van der Waals surface area (Å²) < 4.78 is 0. The maximum atomic E-state index is 13.0. The topological polar surface area (TPSA) is 61.4 Å². The van der Waals surface area contributed by atoms with Crippen LogP contribution in [0.2, 0.25) is 0 Å². The fourth-order valence-electron chi connectivity index (χ4n) is 4.96.